The molecule has 62 heavy (non-hydrogen) atoms. The summed E-state index contributed by atoms with van der Waals surface area (Å²) in [5.74, 6) is 0. The summed E-state index contributed by atoms with van der Waals surface area (Å²) in [7, 11) is 0. The summed E-state index contributed by atoms with van der Waals surface area (Å²) >= 11 is 0. The smallest absolute Gasteiger partial charge is 0.135 e. The third kappa shape index (κ3) is 6.16. The van der Waals surface area contributed by atoms with Crippen molar-refractivity contribution in [2.24, 2.45) is 0 Å². The highest BCUT2D eigenvalue weighted by atomic mass is 16.3. The van der Waals surface area contributed by atoms with Gasteiger partial charge in [-0.1, -0.05) is 164 Å². The van der Waals surface area contributed by atoms with Gasteiger partial charge >= 0.3 is 0 Å². The molecule has 4 nitrogen and oxygen atoms in total. The Kier molecular flexibility index (Phi) is 8.46. The summed E-state index contributed by atoms with van der Waals surface area (Å²) < 4.78 is 6.23. The number of hydrogen-bond donors (Lipinski definition) is 0. The monoisotopic (exact) mass is 791 g/mol. The van der Waals surface area contributed by atoms with Gasteiger partial charge in [0.1, 0.15) is 11.2 Å². The molecule has 0 bridgehead atoms. The molecule has 0 fully saturated rings. The van der Waals surface area contributed by atoms with Gasteiger partial charge in [0.25, 0.3) is 0 Å². The molecule has 12 rings (SSSR count). The third-order valence-electron chi connectivity index (χ3n) is 12.0. The van der Waals surface area contributed by atoms with Gasteiger partial charge in [-0.15, -0.1) is 0 Å². The maximum Gasteiger partial charge on any atom is 0.135 e. The first-order valence-electron chi connectivity index (χ1n) is 21.0. The number of nitrogens with zero attached hydrogens (tertiary/aromatic N) is 3. The normalized spacial score (nSPS) is 11.5. The lowest BCUT2D eigenvalue weighted by Gasteiger charge is -2.26. The summed E-state index contributed by atoms with van der Waals surface area (Å²) in [6.45, 7) is 0. The van der Waals surface area contributed by atoms with Gasteiger partial charge in [0.2, 0.25) is 0 Å². The van der Waals surface area contributed by atoms with Crippen molar-refractivity contribution in [1.29, 1.82) is 0 Å². The van der Waals surface area contributed by atoms with Crippen molar-refractivity contribution in [3.63, 3.8) is 0 Å². The molecule has 2 heterocycles. The Morgan fingerprint density at radius 3 is 1.52 bits per heavy atom. The lowest BCUT2D eigenvalue weighted by atomic mass is 9.95. The zero-order valence-corrected chi connectivity index (χ0v) is 33.6. The fraction of sp³-hybridized carbons (Fsp3) is 0. The number of furan rings is 1. The van der Waals surface area contributed by atoms with Crippen LogP contribution in [0.2, 0.25) is 0 Å². The second-order valence-corrected chi connectivity index (χ2v) is 15.8. The summed E-state index contributed by atoms with van der Waals surface area (Å²) in [5.41, 5.74) is 15.2. The van der Waals surface area contributed by atoms with E-state index in [4.69, 9.17) is 14.4 Å². The molecule has 0 aliphatic carbocycles. The molecule has 0 unspecified atom stereocenters. The van der Waals surface area contributed by atoms with Crippen LogP contribution in [0, 0.1) is 0 Å². The van der Waals surface area contributed by atoms with Gasteiger partial charge in [0.15, 0.2) is 0 Å². The van der Waals surface area contributed by atoms with Crippen LogP contribution in [0.4, 0.5) is 17.1 Å². The Morgan fingerprint density at radius 2 is 0.823 bits per heavy atom. The van der Waals surface area contributed by atoms with Crippen molar-refractivity contribution < 1.29 is 4.42 Å². The molecule has 4 heteroatoms. The minimum atomic E-state index is 0.872. The molecule has 12 aromatic rings. The van der Waals surface area contributed by atoms with Crippen molar-refractivity contribution in [2.75, 3.05) is 4.90 Å². The molecule has 0 amide bonds. The predicted octanol–water partition coefficient (Wildman–Crippen LogP) is 16.0. The van der Waals surface area contributed by atoms with E-state index in [2.05, 4.69) is 205 Å². The lowest BCUT2D eigenvalue weighted by Crippen LogP contribution is -2.09. The second-order valence-electron chi connectivity index (χ2n) is 15.8. The first kappa shape index (κ1) is 35.6. The van der Waals surface area contributed by atoms with Gasteiger partial charge in [-0.25, -0.2) is 9.97 Å². The van der Waals surface area contributed by atoms with E-state index in [1.807, 2.05) is 24.3 Å². The zero-order chi connectivity index (χ0) is 41.0. The molecule has 0 saturated heterocycles. The molecule has 0 spiro atoms. The van der Waals surface area contributed by atoms with Crippen molar-refractivity contribution in [1.82, 2.24) is 9.97 Å². The molecule has 0 aliphatic rings. The maximum atomic E-state index is 6.23. The van der Waals surface area contributed by atoms with Crippen LogP contribution in [0.5, 0.6) is 0 Å². The minimum absolute atomic E-state index is 0.872. The second kappa shape index (κ2) is 14.7. The molecule has 290 valence electrons. The quantitative estimate of drug-likeness (QED) is 0.151. The van der Waals surface area contributed by atoms with Crippen LogP contribution in [0.3, 0.4) is 0 Å². The van der Waals surface area contributed by atoms with E-state index < -0.39 is 0 Å². The van der Waals surface area contributed by atoms with Crippen molar-refractivity contribution in [3.05, 3.63) is 224 Å². The van der Waals surface area contributed by atoms with Crippen LogP contribution in [0.15, 0.2) is 229 Å². The van der Waals surface area contributed by atoms with Crippen LogP contribution in [-0.4, -0.2) is 9.97 Å². The Hall–Kier alpha value is -8.34. The molecule has 0 saturated carbocycles. The molecular weight excluding hydrogens is 755 g/mol. The lowest BCUT2D eigenvalue weighted by molar-refractivity contribution is 0.669. The average Bonchev–Trinajstić information content (AvgIpc) is 3.72. The van der Waals surface area contributed by atoms with Crippen molar-refractivity contribution in [3.8, 4) is 44.8 Å². The van der Waals surface area contributed by atoms with E-state index in [9.17, 15) is 0 Å². The molecule has 10 aromatic carbocycles. The van der Waals surface area contributed by atoms with E-state index in [1.165, 1.54) is 11.1 Å². The summed E-state index contributed by atoms with van der Waals surface area (Å²) in [6.07, 6.45) is 0. The maximum absolute atomic E-state index is 6.23. The number of hydrogen-bond acceptors (Lipinski definition) is 4. The number of aromatic nitrogens is 2. The fourth-order valence-corrected chi connectivity index (χ4v) is 8.97. The van der Waals surface area contributed by atoms with E-state index in [0.717, 1.165) is 105 Å². The highest BCUT2D eigenvalue weighted by molar-refractivity contribution is 6.19. The minimum Gasteiger partial charge on any atom is -0.456 e. The first-order chi connectivity index (χ1) is 30.7. The van der Waals surface area contributed by atoms with Crippen LogP contribution in [-0.2, 0) is 0 Å². The molecule has 2 aromatic heterocycles. The van der Waals surface area contributed by atoms with E-state index in [-0.39, 0.29) is 0 Å². The van der Waals surface area contributed by atoms with E-state index in [1.54, 1.807) is 0 Å². The topological polar surface area (TPSA) is 42.2 Å². The summed E-state index contributed by atoms with van der Waals surface area (Å²) in [5, 5.41) is 6.75. The molecule has 0 aliphatic heterocycles. The number of fused-ring (bicyclic) bond motifs is 8. The largest absolute Gasteiger partial charge is 0.456 e. The number of rotatable bonds is 7. The first-order valence-corrected chi connectivity index (χ1v) is 21.0. The SMILES string of the molecule is c1ccc(-c2ccc(N(c3ccc(-c4ccc5ccc6ccc7nc(-c8ccccc8)c(-c8ccccc8)nc7c6c5c4)cc3)c3ccc4oc5ccccc5c4c3)cc2)cc1. The van der Waals surface area contributed by atoms with Crippen LogP contribution in [0.1, 0.15) is 0 Å². The molecule has 0 radical (unpaired) electrons. The molecule has 0 atom stereocenters. The van der Waals surface area contributed by atoms with Crippen LogP contribution >= 0.6 is 0 Å². The van der Waals surface area contributed by atoms with Crippen LogP contribution < -0.4 is 4.90 Å². The van der Waals surface area contributed by atoms with Crippen molar-refractivity contribution in [2.45, 2.75) is 0 Å². The Balaban J connectivity index is 0.980. The fourth-order valence-electron chi connectivity index (χ4n) is 8.97. The average molecular weight is 792 g/mol. The molecular formula is C58H37N3O. The zero-order valence-electron chi connectivity index (χ0n) is 33.6. The highest BCUT2D eigenvalue weighted by Crippen LogP contribution is 2.41. The number of benzene rings is 10. The predicted molar refractivity (Wildman–Crippen MR) is 258 cm³/mol. The standard InChI is InChI=1S/C58H37N3O/c1-4-12-38(13-5-1)39-24-29-46(30-25-39)61(48-33-35-54-51(37-48)49-18-10-11-19-53(49)62-54)47-31-26-40(27-32-47)45-23-21-41-20-22-42-28-34-52-58(55(42)50(41)36-45)60-57(44-16-8-3-9-17-44)56(59-52)43-14-6-2-7-15-43/h1-37H. The van der Waals surface area contributed by atoms with Crippen molar-refractivity contribution >= 4 is 71.6 Å². The number of para-hydroxylation sites is 1. The van der Waals surface area contributed by atoms with Gasteiger partial charge in [-0.2, -0.15) is 0 Å². The van der Waals surface area contributed by atoms with Gasteiger partial charge < -0.3 is 9.32 Å². The molecule has 0 N–H and O–H groups in total. The number of anilines is 3. The van der Waals surface area contributed by atoms with Gasteiger partial charge in [-0.05, 0) is 99.1 Å². The van der Waals surface area contributed by atoms with Gasteiger partial charge in [-0.3, -0.25) is 0 Å². The van der Waals surface area contributed by atoms with E-state index >= 15 is 0 Å². The highest BCUT2D eigenvalue weighted by Gasteiger charge is 2.18. The van der Waals surface area contributed by atoms with Gasteiger partial charge in [0.05, 0.1) is 22.4 Å². The van der Waals surface area contributed by atoms with E-state index in [0.29, 0.717) is 0 Å². The Bertz CT molecular complexity index is 3600. The summed E-state index contributed by atoms with van der Waals surface area (Å²) in [6, 6.07) is 79.2. The van der Waals surface area contributed by atoms with Gasteiger partial charge in [0, 0.05) is 44.3 Å². The third-order valence-corrected chi connectivity index (χ3v) is 12.0. The Labute approximate surface area is 358 Å². The Morgan fingerprint density at radius 1 is 0.323 bits per heavy atom. The summed E-state index contributed by atoms with van der Waals surface area (Å²) in [4.78, 5) is 13.1. The van der Waals surface area contributed by atoms with Crippen LogP contribution in [0.25, 0.3) is 99.3 Å².